The molecule has 5 rings (SSSR count). The van der Waals surface area contributed by atoms with E-state index in [0.717, 1.165) is 49.6 Å². The summed E-state index contributed by atoms with van der Waals surface area (Å²) in [5, 5.41) is 0. The second kappa shape index (κ2) is 9.35. The van der Waals surface area contributed by atoms with E-state index >= 15 is 0 Å². The molecule has 1 amide bonds. The molecule has 1 aromatic carbocycles. The summed E-state index contributed by atoms with van der Waals surface area (Å²) >= 11 is 0. The molecule has 0 bridgehead atoms. The zero-order valence-corrected chi connectivity index (χ0v) is 18.9. The highest BCUT2D eigenvalue weighted by Crippen LogP contribution is 2.33. The Morgan fingerprint density at radius 1 is 1.00 bits per heavy atom. The van der Waals surface area contributed by atoms with Crippen molar-refractivity contribution in [3.63, 3.8) is 0 Å². The average molecular weight is 446 g/mol. The highest BCUT2D eigenvalue weighted by atomic mass is 19.1. The summed E-state index contributed by atoms with van der Waals surface area (Å²) < 4.78 is 14.3. The number of aromatic nitrogens is 3. The van der Waals surface area contributed by atoms with Crippen LogP contribution in [0.1, 0.15) is 53.4 Å². The van der Waals surface area contributed by atoms with E-state index in [1.165, 1.54) is 11.6 Å². The number of carbonyl (C=O) groups excluding carboxylic acids is 1. The molecule has 2 aliphatic rings. The maximum absolute atomic E-state index is 14.3. The molecule has 0 atom stereocenters. The number of fused-ring (bicyclic) bond motifs is 1. The van der Waals surface area contributed by atoms with Gasteiger partial charge in [-0.05, 0) is 63.0 Å². The molecule has 0 saturated carbocycles. The van der Waals surface area contributed by atoms with Gasteiger partial charge in [-0.25, -0.2) is 14.4 Å². The van der Waals surface area contributed by atoms with Gasteiger partial charge in [0.15, 0.2) is 0 Å². The van der Waals surface area contributed by atoms with Gasteiger partial charge in [0.25, 0.3) is 0 Å². The van der Waals surface area contributed by atoms with Crippen LogP contribution in [0.5, 0.6) is 0 Å². The lowest BCUT2D eigenvalue weighted by Gasteiger charge is -2.33. The Morgan fingerprint density at radius 2 is 1.76 bits per heavy atom. The SMILES string of the molecule is Cc1nc(C2CCN(Cc3ccncc3)CC2)nc2c1CCC(=O)N2Cc1ccccc1F. The molecule has 7 heteroatoms. The van der Waals surface area contributed by atoms with Crippen LogP contribution in [-0.2, 0) is 24.3 Å². The second-order valence-electron chi connectivity index (χ2n) is 8.95. The Hall–Kier alpha value is -3.19. The van der Waals surface area contributed by atoms with Crippen LogP contribution in [0.25, 0.3) is 0 Å². The van der Waals surface area contributed by atoms with Gasteiger partial charge in [0.2, 0.25) is 5.91 Å². The Kier molecular flexibility index (Phi) is 6.13. The molecule has 33 heavy (non-hydrogen) atoms. The Labute approximate surface area is 193 Å². The van der Waals surface area contributed by atoms with Crippen LogP contribution in [0.3, 0.4) is 0 Å². The lowest BCUT2D eigenvalue weighted by molar-refractivity contribution is -0.119. The smallest absolute Gasteiger partial charge is 0.228 e. The number of benzene rings is 1. The normalized spacial score (nSPS) is 17.3. The van der Waals surface area contributed by atoms with Gasteiger partial charge in [-0.2, -0.15) is 0 Å². The summed E-state index contributed by atoms with van der Waals surface area (Å²) in [5.74, 6) is 1.42. The molecule has 2 aromatic heterocycles. The van der Waals surface area contributed by atoms with E-state index in [2.05, 4.69) is 22.0 Å². The number of hydrogen-bond donors (Lipinski definition) is 0. The van der Waals surface area contributed by atoms with Gasteiger partial charge in [-0.15, -0.1) is 0 Å². The maximum atomic E-state index is 14.3. The zero-order chi connectivity index (χ0) is 22.8. The summed E-state index contributed by atoms with van der Waals surface area (Å²) in [5.41, 5.74) is 3.71. The molecule has 0 unspecified atom stereocenters. The number of likely N-dealkylation sites (tertiary alicyclic amines) is 1. The highest BCUT2D eigenvalue weighted by Gasteiger charge is 2.31. The van der Waals surface area contributed by atoms with Crippen molar-refractivity contribution >= 4 is 11.7 Å². The first kappa shape index (κ1) is 21.6. The summed E-state index contributed by atoms with van der Waals surface area (Å²) in [7, 11) is 0. The van der Waals surface area contributed by atoms with E-state index in [9.17, 15) is 9.18 Å². The number of pyridine rings is 1. The molecular weight excluding hydrogens is 417 g/mol. The van der Waals surface area contributed by atoms with Crippen LogP contribution in [0.2, 0.25) is 0 Å². The Bertz CT molecular complexity index is 1140. The van der Waals surface area contributed by atoms with Gasteiger partial charge < -0.3 is 0 Å². The van der Waals surface area contributed by atoms with Crippen LogP contribution in [-0.4, -0.2) is 38.8 Å². The fourth-order valence-electron chi connectivity index (χ4n) is 4.84. The average Bonchev–Trinajstić information content (AvgIpc) is 2.83. The van der Waals surface area contributed by atoms with Gasteiger partial charge in [0.05, 0.1) is 6.54 Å². The zero-order valence-electron chi connectivity index (χ0n) is 18.9. The molecule has 1 fully saturated rings. The monoisotopic (exact) mass is 445 g/mol. The number of halogens is 1. The molecule has 0 aliphatic carbocycles. The van der Waals surface area contributed by atoms with Gasteiger partial charge in [0.1, 0.15) is 17.5 Å². The van der Waals surface area contributed by atoms with Crippen molar-refractivity contribution in [3.05, 3.63) is 82.8 Å². The minimum atomic E-state index is -0.301. The molecule has 2 aliphatic heterocycles. The number of anilines is 1. The first-order valence-corrected chi connectivity index (χ1v) is 11.6. The standard InChI is InChI=1S/C26H28FN5O/c1-18-22-6-7-24(33)32(17-21-4-2-3-5-23(21)27)26(22)30-25(29-18)20-10-14-31(15-11-20)16-19-8-12-28-13-9-19/h2-5,8-9,12-13,20H,6-7,10-11,14-17H2,1H3. The number of hydrogen-bond acceptors (Lipinski definition) is 5. The van der Waals surface area contributed by atoms with Gasteiger partial charge in [0, 0.05) is 48.1 Å². The van der Waals surface area contributed by atoms with Crippen LogP contribution >= 0.6 is 0 Å². The van der Waals surface area contributed by atoms with E-state index in [0.29, 0.717) is 24.2 Å². The minimum Gasteiger partial charge on any atom is -0.299 e. The van der Waals surface area contributed by atoms with Crippen molar-refractivity contribution in [1.82, 2.24) is 19.9 Å². The van der Waals surface area contributed by atoms with Crippen molar-refractivity contribution < 1.29 is 9.18 Å². The summed E-state index contributed by atoms with van der Waals surface area (Å²) in [4.78, 5) is 30.8. The van der Waals surface area contributed by atoms with Gasteiger partial charge in [-0.1, -0.05) is 18.2 Å². The first-order chi connectivity index (χ1) is 16.1. The van der Waals surface area contributed by atoms with E-state index in [1.54, 1.807) is 23.1 Å². The highest BCUT2D eigenvalue weighted by molar-refractivity contribution is 5.95. The van der Waals surface area contributed by atoms with Crippen molar-refractivity contribution in [3.8, 4) is 0 Å². The maximum Gasteiger partial charge on any atom is 0.228 e. The third-order valence-electron chi connectivity index (χ3n) is 6.75. The lowest BCUT2D eigenvalue weighted by Crippen LogP contribution is -2.37. The number of carbonyl (C=O) groups is 1. The predicted molar refractivity (Wildman–Crippen MR) is 124 cm³/mol. The largest absolute Gasteiger partial charge is 0.299 e. The lowest BCUT2D eigenvalue weighted by atomic mass is 9.94. The Balaban J connectivity index is 1.35. The van der Waals surface area contributed by atoms with Crippen molar-refractivity contribution in [2.24, 2.45) is 0 Å². The van der Waals surface area contributed by atoms with Gasteiger partial charge >= 0.3 is 0 Å². The van der Waals surface area contributed by atoms with Crippen molar-refractivity contribution in [1.29, 1.82) is 0 Å². The van der Waals surface area contributed by atoms with Crippen LogP contribution in [0.4, 0.5) is 10.2 Å². The van der Waals surface area contributed by atoms with E-state index in [4.69, 9.17) is 9.97 Å². The molecule has 0 N–H and O–H groups in total. The van der Waals surface area contributed by atoms with Crippen LogP contribution in [0, 0.1) is 12.7 Å². The minimum absolute atomic E-state index is 0.0121. The van der Waals surface area contributed by atoms with Crippen molar-refractivity contribution in [2.75, 3.05) is 18.0 Å². The van der Waals surface area contributed by atoms with E-state index < -0.39 is 0 Å². The fourth-order valence-corrected chi connectivity index (χ4v) is 4.84. The molecule has 4 heterocycles. The van der Waals surface area contributed by atoms with E-state index in [1.807, 2.05) is 19.3 Å². The second-order valence-corrected chi connectivity index (χ2v) is 8.95. The molecule has 1 saturated heterocycles. The Morgan fingerprint density at radius 3 is 2.52 bits per heavy atom. The molecule has 3 aromatic rings. The summed E-state index contributed by atoms with van der Waals surface area (Å²) in [6, 6.07) is 10.7. The molecular formula is C26H28FN5O. The summed E-state index contributed by atoms with van der Waals surface area (Å²) in [6.45, 7) is 5.07. The van der Waals surface area contributed by atoms with Crippen LogP contribution in [0.15, 0.2) is 48.8 Å². The molecule has 0 radical (unpaired) electrons. The van der Waals surface area contributed by atoms with Gasteiger partial charge in [-0.3, -0.25) is 19.6 Å². The third-order valence-corrected chi connectivity index (χ3v) is 6.75. The molecule has 6 nitrogen and oxygen atoms in total. The topological polar surface area (TPSA) is 62.2 Å². The first-order valence-electron chi connectivity index (χ1n) is 11.6. The predicted octanol–water partition coefficient (Wildman–Crippen LogP) is 4.18. The summed E-state index contributed by atoms with van der Waals surface area (Å²) in [6.07, 6.45) is 6.66. The number of aryl methyl sites for hydroxylation is 1. The fraction of sp³-hybridized carbons (Fsp3) is 0.385. The number of nitrogens with zero attached hydrogens (tertiary/aromatic N) is 5. The quantitative estimate of drug-likeness (QED) is 0.590. The van der Waals surface area contributed by atoms with Crippen molar-refractivity contribution in [2.45, 2.75) is 51.6 Å². The van der Waals surface area contributed by atoms with Crippen LogP contribution < -0.4 is 4.90 Å². The van der Waals surface area contributed by atoms with E-state index in [-0.39, 0.29) is 24.2 Å². The molecule has 0 spiro atoms. The number of piperidine rings is 1. The molecule has 170 valence electrons. The number of rotatable bonds is 5. The third kappa shape index (κ3) is 4.64. The number of amides is 1.